The molecule has 1 aromatic carbocycles. The van der Waals surface area contributed by atoms with Crippen LogP contribution in [0.15, 0.2) is 48.7 Å². The van der Waals surface area contributed by atoms with Crippen LogP contribution in [0.2, 0.25) is 0 Å². The highest BCUT2D eigenvalue weighted by Crippen LogP contribution is 2.25. The maximum absolute atomic E-state index is 13.0. The van der Waals surface area contributed by atoms with Crippen molar-refractivity contribution in [3.05, 3.63) is 59.9 Å². The molecule has 1 saturated carbocycles. The number of anilines is 2. The number of amides is 1. The van der Waals surface area contributed by atoms with Gasteiger partial charge in [-0.15, -0.1) is 0 Å². The number of hydrogen-bond acceptors (Lipinski definition) is 4. The van der Waals surface area contributed by atoms with E-state index < -0.39 is 13.1 Å². The van der Waals surface area contributed by atoms with Crippen LogP contribution in [0.1, 0.15) is 48.2 Å². The molecule has 0 aliphatic heterocycles. The van der Waals surface area contributed by atoms with Crippen LogP contribution in [0.4, 0.5) is 24.7 Å². The van der Waals surface area contributed by atoms with Gasteiger partial charge in [-0.3, -0.25) is 9.20 Å². The fraction of sp³-hybridized carbons (Fsp3) is 0.391. The lowest BCUT2D eigenvalue weighted by Gasteiger charge is -2.30. The molecule has 0 unspecified atom stereocenters. The van der Waals surface area contributed by atoms with E-state index in [9.17, 15) is 18.0 Å². The second kappa shape index (κ2) is 9.93. The molecule has 3 aromatic rings. The fourth-order valence-electron chi connectivity index (χ4n) is 4.12. The summed E-state index contributed by atoms with van der Waals surface area (Å²) < 4.78 is 40.1. The third-order valence-corrected chi connectivity index (χ3v) is 5.73. The van der Waals surface area contributed by atoms with Crippen LogP contribution in [0.3, 0.4) is 0 Å². The van der Waals surface area contributed by atoms with Gasteiger partial charge in [0.1, 0.15) is 23.8 Å². The zero-order valence-corrected chi connectivity index (χ0v) is 17.5. The molecule has 1 aliphatic rings. The predicted molar refractivity (Wildman–Crippen MR) is 118 cm³/mol. The van der Waals surface area contributed by atoms with Gasteiger partial charge >= 0.3 is 0 Å². The first-order chi connectivity index (χ1) is 15.5. The number of aromatic nitrogens is 2. The lowest BCUT2D eigenvalue weighted by Crippen LogP contribution is -2.40. The van der Waals surface area contributed by atoms with E-state index in [4.69, 9.17) is 0 Å². The number of carbonyl (C=O) groups is 1. The Morgan fingerprint density at radius 3 is 2.56 bits per heavy atom. The van der Waals surface area contributed by atoms with Crippen LogP contribution in [0.5, 0.6) is 0 Å². The van der Waals surface area contributed by atoms with Gasteiger partial charge in [0, 0.05) is 30.5 Å². The molecule has 0 radical (unpaired) electrons. The van der Waals surface area contributed by atoms with Crippen LogP contribution < -0.4 is 16.0 Å². The monoisotopic (exact) mass is 445 g/mol. The topological polar surface area (TPSA) is 70.5 Å². The Hall–Kier alpha value is -3.23. The van der Waals surface area contributed by atoms with Crippen molar-refractivity contribution in [3.8, 4) is 0 Å². The molecule has 2 aromatic heterocycles. The Morgan fingerprint density at radius 2 is 1.81 bits per heavy atom. The van der Waals surface area contributed by atoms with E-state index >= 15 is 0 Å². The standard InChI is InChI=1S/C23H26F3N5O/c24-12-13-27-18-5-2-1-4-17(18)23(32)29-16-10-8-15(9-11-16)28-20-6-3-7-21-30-19(22(25)26)14-31(20)21/h1-7,14-16,22,27-28H,8-13H2,(H,29,32)/t15-,16+. The molecule has 0 saturated heterocycles. The predicted octanol–water partition coefficient (Wildman–Crippen LogP) is 4.81. The Kier molecular flexibility index (Phi) is 6.82. The summed E-state index contributed by atoms with van der Waals surface area (Å²) in [6.07, 6.45) is 2.01. The van der Waals surface area contributed by atoms with Crippen molar-refractivity contribution in [2.75, 3.05) is 23.9 Å². The van der Waals surface area contributed by atoms with Crippen molar-refractivity contribution in [2.24, 2.45) is 0 Å². The number of pyridine rings is 1. The summed E-state index contributed by atoms with van der Waals surface area (Å²) in [5.74, 6) is 0.549. The minimum Gasteiger partial charge on any atom is -0.382 e. The van der Waals surface area contributed by atoms with Gasteiger partial charge in [-0.1, -0.05) is 18.2 Å². The van der Waals surface area contributed by atoms with Crippen LogP contribution in [-0.4, -0.2) is 40.6 Å². The molecule has 2 heterocycles. The summed E-state index contributed by atoms with van der Waals surface area (Å²) in [5.41, 5.74) is 1.36. The largest absolute Gasteiger partial charge is 0.382 e. The highest BCUT2D eigenvalue weighted by Gasteiger charge is 2.24. The van der Waals surface area contributed by atoms with Crippen molar-refractivity contribution in [3.63, 3.8) is 0 Å². The van der Waals surface area contributed by atoms with E-state index in [1.54, 1.807) is 40.8 Å². The molecule has 0 spiro atoms. The van der Waals surface area contributed by atoms with Gasteiger partial charge < -0.3 is 16.0 Å². The first-order valence-electron chi connectivity index (χ1n) is 10.8. The number of alkyl halides is 3. The molecular weight excluding hydrogens is 419 g/mol. The maximum atomic E-state index is 13.0. The van der Waals surface area contributed by atoms with Crippen molar-refractivity contribution in [1.29, 1.82) is 0 Å². The molecule has 1 aliphatic carbocycles. The summed E-state index contributed by atoms with van der Waals surface area (Å²) in [5, 5.41) is 9.46. The van der Waals surface area contributed by atoms with E-state index in [0.29, 0.717) is 16.9 Å². The third kappa shape index (κ3) is 4.98. The van der Waals surface area contributed by atoms with Gasteiger partial charge in [0.05, 0.1) is 5.56 Å². The Labute approximate surface area is 184 Å². The van der Waals surface area contributed by atoms with Crippen LogP contribution in [0, 0.1) is 0 Å². The van der Waals surface area contributed by atoms with Crippen LogP contribution in [-0.2, 0) is 0 Å². The minimum atomic E-state index is -2.61. The zero-order valence-electron chi connectivity index (χ0n) is 17.5. The number of benzene rings is 1. The normalized spacial score (nSPS) is 18.6. The number of nitrogens with one attached hydrogen (secondary N) is 3. The summed E-state index contributed by atoms with van der Waals surface area (Å²) in [4.78, 5) is 16.7. The average molecular weight is 445 g/mol. The molecule has 0 atom stereocenters. The van der Waals surface area contributed by atoms with Crippen LogP contribution in [0.25, 0.3) is 5.65 Å². The molecule has 1 amide bonds. The van der Waals surface area contributed by atoms with Gasteiger partial charge in [0.25, 0.3) is 12.3 Å². The molecule has 32 heavy (non-hydrogen) atoms. The molecule has 0 bridgehead atoms. The van der Waals surface area contributed by atoms with Crippen LogP contribution >= 0.6 is 0 Å². The molecule has 170 valence electrons. The lowest BCUT2D eigenvalue weighted by molar-refractivity contribution is 0.0927. The van der Waals surface area contributed by atoms with E-state index in [1.165, 1.54) is 6.20 Å². The number of fused-ring (bicyclic) bond motifs is 1. The van der Waals surface area contributed by atoms with Crippen molar-refractivity contribution in [1.82, 2.24) is 14.7 Å². The first kappa shape index (κ1) is 22.0. The summed E-state index contributed by atoms with van der Waals surface area (Å²) >= 11 is 0. The average Bonchev–Trinajstić information content (AvgIpc) is 3.25. The first-order valence-corrected chi connectivity index (χ1v) is 10.8. The lowest BCUT2D eigenvalue weighted by atomic mass is 9.91. The molecule has 1 fully saturated rings. The SMILES string of the molecule is O=C(N[C@H]1CC[C@@H](Nc2cccc3nc(C(F)F)cn23)CC1)c1ccccc1NCCF. The number of nitrogens with zero attached hydrogens (tertiary/aromatic N) is 2. The van der Waals surface area contributed by atoms with Gasteiger partial charge in [-0.2, -0.15) is 0 Å². The number of imidazole rings is 1. The van der Waals surface area contributed by atoms with Gasteiger partial charge in [-0.05, 0) is 49.9 Å². The summed E-state index contributed by atoms with van der Waals surface area (Å²) in [6, 6.07) is 12.6. The maximum Gasteiger partial charge on any atom is 0.281 e. The van der Waals surface area contributed by atoms with Crippen molar-refractivity contribution < 1.29 is 18.0 Å². The molecule has 4 rings (SSSR count). The second-order valence-corrected chi connectivity index (χ2v) is 7.93. The number of hydrogen-bond donors (Lipinski definition) is 3. The van der Waals surface area contributed by atoms with Crippen molar-refractivity contribution in [2.45, 2.75) is 44.2 Å². The van der Waals surface area contributed by atoms with E-state index in [0.717, 1.165) is 31.5 Å². The van der Waals surface area contributed by atoms with Gasteiger partial charge in [0.15, 0.2) is 0 Å². The second-order valence-electron chi connectivity index (χ2n) is 7.93. The van der Waals surface area contributed by atoms with Gasteiger partial charge in [0.2, 0.25) is 0 Å². The fourth-order valence-corrected chi connectivity index (χ4v) is 4.12. The molecule has 3 N–H and O–H groups in total. The summed E-state index contributed by atoms with van der Waals surface area (Å²) in [6.45, 7) is -0.354. The minimum absolute atomic E-state index is 0.0456. The molecule has 6 nitrogen and oxygen atoms in total. The number of rotatable bonds is 8. The van der Waals surface area contributed by atoms with E-state index in [-0.39, 0.29) is 30.2 Å². The van der Waals surface area contributed by atoms with E-state index in [1.807, 2.05) is 6.07 Å². The number of halogens is 3. The third-order valence-electron chi connectivity index (χ3n) is 5.73. The smallest absolute Gasteiger partial charge is 0.281 e. The Balaban J connectivity index is 1.34. The quantitative estimate of drug-likeness (QED) is 0.466. The van der Waals surface area contributed by atoms with E-state index in [2.05, 4.69) is 20.9 Å². The van der Waals surface area contributed by atoms with Gasteiger partial charge in [-0.25, -0.2) is 18.2 Å². The highest BCUT2D eigenvalue weighted by molar-refractivity contribution is 5.99. The number of carbonyl (C=O) groups excluding carboxylic acids is 1. The molecular formula is C23H26F3N5O. The summed E-state index contributed by atoms with van der Waals surface area (Å²) in [7, 11) is 0. The zero-order chi connectivity index (χ0) is 22.5. The highest BCUT2D eigenvalue weighted by atomic mass is 19.3. The Bertz CT molecular complexity index is 1060. The molecule has 9 heteroatoms. The number of para-hydroxylation sites is 1. The van der Waals surface area contributed by atoms with Crippen molar-refractivity contribution >= 4 is 23.1 Å². The Morgan fingerprint density at radius 1 is 1.06 bits per heavy atom.